The van der Waals surface area contributed by atoms with Gasteiger partial charge in [0.05, 0.1) is 26.4 Å². The average Bonchev–Trinajstić information content (AvgIpc) is 3.80. The van der Waals surface area contributed by atoms with Crippen molar-refractivity contribution in [3.63, 3.8) is 0 Å². The Bertz CT molecular complexity index is 883. The third-order valence-electron chi connectivity index (χ3n) is 6.35. The molecule has 0 unspecified atom stereocenters. The molecule has 0 aromatic rings. The summed E-state index contributed by atoms with van der Waals surface area (Å²) in [5, 5.41) is 4.21. The number of hydrogen-bond acceptors (Lipinski definition) is 10. The third-order valence-corrected chi connectivity index (χ3v) is 6.79. The molecule has 276 valence electrons. The van der Waals surface area contributed by atoms with Crippen LogP contribution in [0.5, 0.6) is 0 Å². The van der Waals surface area contributed by atoms with Gasteiger partial charge in [0.25, 0.3) is 0 Å². The summed E-state index contributed by atoms with van der Waals surface area (Å²) in [5.41, 5.74) is 4.50. The molecule has 1 aliphatic rings. The first-order valence-corrected chi connectivity index (χ1v) is 16.7. The number of rotatable bonds is 22. The van der Waals surface area contributed by atoms with Gasteiger partial charge in [-0.25, -0.2) is 4.89 Å². The van der Waals surface area contributed by atoms with E-state index >= 15 is 0 Å². The zero-order valence-electron chi connectivity index (χ0n) is 30.1. The fourth-order valence-corrected chi connectivity index (χ4v) is 3.13. The van der Waals surface area contributed by atoms with Crippen molar-refractivity contribution >= 4 is 65.5 Å². The molecule has 0 atom stereocenters. The van der Waals surface area contributed by atoms with Crippen LogP contribution in [0.3, 0.4) is 0 Å². The van der Waals surface area contributed by atoms with Crippen molar-refractivity contribution in [3.8, 4) is 0 Å². The van der Waals surface area contributed by atoms with Crippen molar-refractivity contribution in [3.05, 3.63) is 55.5 Å². The number of carbonyl (C=O) groups is 3. The monoisotopic (exact) mass is 794 g/mol. The van der Waals surface area contributed by atoms with Gasteiger partial charge in [0.15, 0.2) is 0 Å². The molecule has 0 saturated heterocycles. The predicted molar refractivity (Wildman–Crippen MR) is 195 cm³/mol. The van der Waals surface area contributed by atoms with Crippen LogP contribution < -0.4 is 17.0 Å². The number of halogens is 2. The van der Waals surface area contributed by atoms with Crippen molar-refractivity contribution in [2.24, 2.45) is 5.41 Å². The Hall–Kier alpha value is -0.864. The first-order valence-electron chi connectivity index (χ1n) is 15.8. The maximum absolute atomic E-state index is 10.9. The molecule has 0 spiro atoms. The molecule has 1 fully saturated rings. The van der Waals surface area contributed by atoms with E-state index in [0.29, 0.717) is 58.0 Å². The first-order chi connectivity index (χ1) is 21.8. The normalized spacial score (nSPS) is 11.4. The summed E-state index contributed by atoms with van der Waals surface area (Å²) < 4.78 is 18.8. The van der Waals surface area contributed by atoms with E-state index < -0.39 is 0 Å². The van der Waals surface area contributed by atoms with E-state index in [1.165, 1.54) is 5.57 Å². The summed E-state index contributed by atoms with van der Waals surface area (Å²) >= 11 is 8.83. The second-order valence-corrected chi connectivity index (χ2v) is 11.4. The molecule has 0 aromatic carbocycles. The zero-order valence-corrected chi connectivity index (χ0v) is 34.8. The third kappa shape index (κ3) is 43.2. The molecule has 48 heavy (non-hydrogen) atoms. The molecule has 0 aliphatic heterocycles. The summed E-state index contributed by atoms with van der Waals surface area (Å²) in [5.74, 6) is -0.0392. The smallest absolute Gasteiger partial charge is 1.00 e. The standard InChI is InChI=1S/C13H22O2.C9H16O5S.C8H13ClO2.C5H9.BrH.Mg/c1-5-13(14)15-10-9-12(4)8-6-7-11(2)3;1-2-8(10)11-6-5-9(3-4-9)7-12-13-14-15;1-3-8(10)11-5-4-7(2)6-9;1-4-5(2)3;;/h2,4-10H2,1,3H3;15H,2-7H2,1H3;2-6H2,1H3;1-2,4H2,3H3;1H;/q;;;-1;;+2/p-1. The Morgan fingerprint density at radius 1 is 0.771 bits per heavy atom. The minimum atomic E-state index is -0.174. The molecule has 9 nitrogen and oxygen atoms in total. The molecular formula is C35H60BrClMgO9S. The average molecular weight is 797 g/mol. The molecule has 0 bridgehead atoms. The first kappa shape index (κ1) is 56.5. The quantitative estimate of drug-likeness (QED) is 0.0121. The van der Waals surface area contributed by atoms with Gasteiger partial charge in [0.1, 0.15) is 0 Å². The van der Waals surface area contributed by atoms with Crippen LogP contribution in [0, 0.1) is 12.3 Å². The van der Waals surface area contributed by atoms with E-state index in [1.807, 2.05) is 13.8 Å². The number of alkyl halides is 1. The van der Waals surface area contributed by atoms with Crippen LogP contribution in [0.15, 0.2) is 48.6 Å². The van der Waals surface area contributed by atoms with E-state index in [4.69, 9.17) is 30.7 Å². The van der Waals surface area contributed by atoms with Gasteiger partial charge in [-0.1, -0.05) is 55.7 Å². The Kier molecular flexibility index (Phi) is 45.8. The van der Waals surface area contributed by atoms with E-state index in [1.54, 1.807) is 20.8 Å². The fraction of sp³-hybridized carbons (Fsp3) is 0.657. The molecule has 1 saturated carbocycles. The summed E-state index contributed by atoms with van der Waals surface area (Å²) in [6.07, 6.45) is 9.65. The van der Waals surface area contributed by atoms with Crippen LogP contribution in [0.1, 0.15) is 112 Å². The van der Waals surface area contributed by atoms with Gasteiger partial charge in [0, 0.05) is 56.3 Å². The van der Waals surface area contributed by atoms with E-state index in [9.17, 15) is 14.4 Å². The van der Waals surface area contributed by atoms with E-state index in [-0.39, 0.29) is 63.4 Å². The van der Waals surface area contributed by atoms with Crippen LogP contribution in [-0.2, 0) is 42.9 Å². The van der Waals surface area contributed by atoms with Gasteiger partial charge >= 0.3 is 41.0 Å². The molecule has 1 rings (SSSR count). The van der Waals surface area contributed by atoms with Crippen LogP contribution >= 0.6 is 24.5 Å². The van der Waals surface area contributed by atoms with Crippen molar-refractivity contribution in [2.75, 3.05) is 32.3 Å². The molecule has 0 radical (unpaired) electrons. The number of thiol groups is 1. The Labute approximate surface area is 328 Å². The number of hydrogen-bond donors (Lipinski definition) is 1. The van der Waals surface area contributed by atoms with Crippen LogP contribution in [0.2, 0.25) is 0 Å². The molecular weight excluding hydrogens is 736 g/mol. The van der Waals surface area contributed by atoms with Crippen molar-refractivity contribution in [1.82, 2.24) is 0 Å². The maximum Gasteiger partial charge on any atom is 2.00 e. The molecule has 0 heterocycles. The van der Waals surface area contributed by atoms with Crippen LogP contribution in [-0.4, -0.2) is 73.3 Å². The molecule has 1 aliphatic carbocycles. The number of carbonyl (C=O) groups excluding carboxylic acids is 3. The Morgan fingerprint density at radius 2 is 1.21 bits per heavy atom. The van der Waals surface area contributed by atoms with E-state index in [0.717, 1.165) is 68.1 Å². The number of esters is 3. The Morgan fingerprint density at radius 3 is 1.56 bits per heavy atom. The van der Waals surface area contributed by atoms with Crippen molar-refractivity contribution in [1.29, 1.82) is 0 Å². The van der Waals surface area contributed by atoms with Crippen molar-refractivity contribution < 1.29 is 59.8 Å². The minimum absolute atomic E-state index is 0. The van der Waals surface area contributed by atoms with Gasteiger partial charge in [0.2, 0.25) is 0 Å². The zero-order chi connectivity index (χ0) is 35.8. The number of allylic oxidation sites excluding steroid dienone is 2. The second-order valence-electron chi connectivity index (χ2n) is 11.0. The van der Waals surface area contributed by atoms with Crippen molar-refractivity contribution in [2.45, 2.75) is 112 Å². The Balaban J connectivity index is -0.000000178. The van der Waals surface area contributed by atoms with Crippen LogP contribution in [0.25, 0.3) is 0 Å². The fourth-order valence-electron chi connectivity index (χ4n) is 2.95. The second kappa shape index (κ2) is 38.9. The van der Waals surface area contributed by atoms with Gasteiger partial charge in [-0.2, -0.15) is 6.42 Å². The predicted octanol–water partition coefficient (Wildman–Crippen LogP) is 6.00. The summed E-state index contributed by atoms with van der Waals surface area (Å²) in [4.78, 5) is 37.1. The van der Waals surface area contributed by atoms with E-state index in [2.05, 4.69) is 55.5 Å². The summed E-state index contributed by atoms with van der Waals surface area (Å²) in [7, 11) is 0. The van der Waals surface area contributed by atoms with Gasteiger partial charge < -0.3 is 38.1 Å². The van der Waals surface area contributed by atoms with Gasteiger partial charge in [-0.05, 0) is 52.4 Å². The topological polar surface area (TPSA) is 107 Å². The number of ether oxygens (including phenoxy) is 3. The minimum Gasteiger partial charge on any atom is -1.00 e. The molecule has 0 N–H and O–H groups in total. The summed E-state index contributed by atoms with van der Waals surface area (Å²) in [6, 6.07) is 0. The largest absolute Gasteiger partial charge is 2.00 e. The molecule has 0 amide bonds. The SMILES string of the molecule is C=C(C)CCCC(=C)CCOC(=O)CC.C=C(C)C[CH2-].C=C(CCl)CCOC(=O)CC.CCC(=O)OCCC1(COOOS)CC1.[Br-].[Mg+2]. The molecule has 13 heteroatoms. The molecule has 0 aromatic heterocycles. The van der Waals surface area contributed by atoms with Crippen LogP contribution in [0.4, 0.5) is 0 Å². The van der Waals surface area contributed by atoms with Gasteiger partial charge in [-0.3, -0.25) is 14.4 Å². The van der Waals surface area contributed by atoms with Gasteiger partial charge in [-0.15, -0.1) is 34.7 Å². The maximum atomic E-state index is 10.9. The summed E-state index contributed by atoms with van der Waals surface area (Å²) in [6.45, 7) is 29.8.